The molecule has 156 valence electrons. The second-order valence-electron chi connectivity index (χ2n) is 7.68. The maximum Gasteiger partial charge on any atom is 0.241 e. The summed E-state index contributed by atoms with van der Waals surface area (Å²) in [6.45, 7) is 6.34. The van der Waals surface area contributed by atoms with E-state index >= 15 is 0 Å². The third-order valence-corrected chi connectivity index (χ3v) is 7.57. The highest BCUT2D eigenvalue weighted by Gasteiger charge is 2.30. The minimum atomic E-state index is -3.66. The molecule has 1 atom stereocenters. The summed E-state index contributed by atoms with van der Waals surface area (Å²) < 4.78 is 29.1. The lowest BCUT2D eigenvalue weighted by molar-refractivity contribution is -0.131. The van der Waals surface area contributed by atoms with E-state index in [1.807, 2.05) is 48.2 Å². The average molecular weight is 479 g/mol. The van der Waals surface area contributed by atoms with E-state index in [0.29, 0.717) is 11.4 Å². The van der Waals surface area contributed by atoms with Crippen molar-refractivity contribution in [2.75, 3.05) is 13.1 Å². The van der Waals surface area contributed by atoms with Crippen LogP contribution in [0.4, 0.5) is 0 Å². The number of likely N-dealkylation sites (tertiary alicyclic amines) is 1. The van der Waals surface area contributed by atoms with Crippen LogP contribution < -0.4 is 4.72 Å². The van der Waals surface area contributed by atoms with Gasteiger partial charge >= 0.3 is 0 Å². The number of benzene rings is 2. The van der Waals surface area contributed by atoms with Crippen LogP contribution in [-0.2, 0) is 14.8 Å². The lowest BCUT2D eigenvalue weighted by Crippen LogP contribution is -2.34. The number of hydrogen-bond acceptors (Lipinski definition) is 3. The first-order chi connectivity index (χ1) is 13.7. The van der Waals surface area contributed by atoms with Crippen LogP contribution in [0.25, 0.3) is 0 Å². The monoisotopic (exact) mass is 478 g/mol. The van der Waals surface area contributed by atoms with Crippen LogP contribution in [0.15, 0.2) is 45.8 Å². The van der Waals surface area contributed by atoms with Gasteiger partial charge < -0.3 is 4.90 Å². The second kappa shape index (κ2) is 8.98. The van der Waals surface area contributed by atoms with E-state index in [-0.39, 0.29) is 24.9 Å². The van der Waals surface area contributed by atoms with Gasteiger partial charge in [0.05, 0.1) is 10.9 Å². The normalized spacial score (nSPS) is 17.0. The van der Waals surface area contributed by atoms with Crippen molar-refractivity contribution in [3.05, 3.63) is 63.1 Å². The molecule has 0 spiro atoms. The molecule has 29 heavy (non-hydrogen) atoms. The molecule has 1 fully saturated rings. The first-order valence-corrected chi connectivity index (χ1v) is 12.1. The molecule has 0 bridgehead atoms. The summed E-state index contributed by atoms with van der Waals surface area (Å²) in [7, 11) is -3.66. The van der Waals surface area contributed by atoms with Gasteiger partial charge in [-0.15, -0.1) is 0 Å². The number of rotatable bonds is 6. The highest BCUT2D eigenvalue weighted by Crippen LogP contribution is 2.33. The van der Waals surface area contributed by atoms with Crippen LogP contribution >= 0.6 is 15.9 Å². The Bertz CT molecular complexity index is 997. The molecule has 1 aliphatic heterocycles. The Hall–Kier alpha value is -1.70. The number of aryl methyl sites for hydroxylation is 3. The minimum absolute atomic E-state index is 0.0208. The maximum atomic E-state index is 12.8. The highest BCUT2D eigenvalue weighted by molar-refractivity contribution is 9.10. The summed E-state index contributed by atoms with van der Waals surface area (Å²) in [6, 6.07) is 11.8. The summed E-state index contributed by atoms with van der Waals surface area (Å²) in [5, 5.41) is 0. The van der Waals surface area contributed by atoms with Crippen molar-refractivity contribution in [1.29, 1.82) is 0 Å². The largest absolute Gasteiger partial charge is 0.336 e. The molecular weight excluding hydrogens is 452 g/mol. The Balaban J connectivity index is 1.65. The Morgan fingerprint density at radius 1 is 1.17 bits per heavy atom. The molecule has 0 saturated carbocycles. The van der Waals surface area contributed by atoms with Gasteiger partial charge in [0.1, 0.15) is 0 Å². The molecule has 7 heteroatoms. The molecule has 0 radical (unpaired) electrons. The third kappa shape index (κ3) is 5.08. The standard InChI is InChI=1S/C22H27BrN2O3S/c1-15-12-16(2)22(17(3)13-15)29(27,28)24-10-9-21(26)25-11-5-8-20(25)18-6-4-7-19(23)14-18/h4,6-7,12-14,20,24H,5,8-11H2,1-3H3. The lowest BCUT2D eigenvalue weighted by Gasteiger charge is -2.25. The average Bonchev–Trinajstić information content (AvgIpc) is 3.10. The molecule has 1 amide bonds. The lowest BCUT2D eigenvalue weighted by atomic mass is 10.0. The fraction of sp³-hybridized carbons (Fsp3) is 0.409. The summed E-state index contributed by atoms with van der Waals surface area (Å²) in [4.78, 5) is 15.0. The predicted molar refractivity (Wildman–Crippen MR) is 118 cm³/mol. The first kappa shape index (κ1) is 22.0. The number of nitrogens with one attached hydrogen (secondary N) is 1. The number of carbonyl (C=O) groups excluding carboxylic acids is 1. The summed E-state index contributed by atoms with van der Waals surface area (Å²) in [6.07, 6.45) is 2.03. The molecule has 1 N–H and O–H groups in total. The zero-order valence-electron chi connectivity index (χ0n) is 17.0. The van der Waals surface area contributed by atoms with Crippen molar-refractivity contribution in [3.8, 4) is 0 Å². The SMILES string of the molecule is Cc1cc(C)c(S(=O)(=O)NCCC(=O)N2CCCC2c2cccc(Br)c2)c(C)c1. The number of sulfonamides is 1. The van der Waals surface area contributed by atoms with Crippen LogP contribution in [-0.4, -0.2) is 32.3 Å². The van der Waals surface area contributed by atoms with Crippen molar-refractivity contribution in [2.24, 2.45) is 0 Å². The van der Waals surface area contributed by atoms with Crippen LogP contribution in [0.1, 0.15) is 47.6 Å². The molecule has 1 aliphatic rings. The van der Waals surface area contributed by atoms with Gasteiger partial charge in [0.15, 0.2) is 0 Å². The van der Waals surface area contributed by atoms with E-state index in [4.69, 9.17) is 0 Å². The van der Waals surface area contributed by atoms with Gasteiger partial charge in [-0.1, -0.05) is 45.8 Å². The number of carbonyl (C=O) groups is 1. The minimum Gasteiger partial charge on any atom is -0.336 e. The number of nitrogens with zero attached hydrogens (tertiary/aromatic N) is 1. The van der Waals surface area contributed by atoms with Crippen LogP contribution in [0.2, 0.25) is 0 Å². The highest BCUT2D eigenvalue weighted by atomic mass is 79.9. The van der Waals surface area contributed by atoms with Gasteiger partial charge in [-0.05, 0) is 62.4 Å². The number of halogens is 1. The van der Waals surface area contributed by atoms with Gasteiger partial charge in [0, 0.05) is 24.0 Å². The van der Waals surface area contributed by atoms with E-state index in [2.05, 4.69) is 20.7 Å². The van der Waals surface area contributed by atoms with Crippen LogP contribution in [0, 0.1) is 20.8 Å². The van der Waals surface area contributed by atoms with Crippen molar-refractivity contribution in [3.63, 3.8) is 0 Å². The smallest absolute Gasteiger partial charge is 0.241 e. The molecule has 0 aliphatic carbocycles. The van der Waals surface area contributed by atoms with E-state index in [9.17, 15) is 13.2 Å². The quantitative estimate of drug-likeness (QED) is 0.668. The first-order valence-electron chi connectivity index (χ1n) is 9.81. The Morgan fingerprint density at radius 3 is 2.52 bits per heavy atom. The van der Waals surface area contributed by atoms with Crippen LogP contribution in [0.5, 0.6) is 0 Å². The molecule has 1 unspecified atom stereocenters. The van der Waals surface area contributed by atoms with Crippen molar-refractivity contribution in [1.82, 2.24) is 9.62 Å². The molecule has 0 aromatic heterocycles. The maximum absolute atomic E-state index is 12.8. The zero-order valence-corrected chi connectivity index (χ0v) is 19.4. The molecule has 2 aromatic carbocycles. The molecule has 5 nitrogen and oxygen atoms in total. The Morgan fingerprint density at radius 2 is 1.86 bits per heavy atom. The fourth-order valence-corrected chi connectivity index (χ4v) is 6.12. The number of amides is 1. The third-order valence-electron chi connectivity index (χ3n) is 5.31. The molecule has 3 rings (SSSR count). The van der Waals surface area contributed by atoms with E-state index in [0.717, 1.165) is 39.6 Å². The Kier molecular flexibility index (Phi) is 6.81. The molecule has 1 heterocycles. The van der Waals surface area contributed by atoms with Gasteiger partial charge in [-0.25, -0.2) is 13.1 Å². The molecule has 1 saturated heterocycles. The van der Waals surface area contributed by atoms with E-state index in [1.165, 1.54) is 0 Å². The molecular formula is C22H27BrN2O3S. The van der Waals surface area contributed by atoms with Gasteiger partial charge in [0.25, 0.3) is 0 Å². The van der Waals surface area contributed by atoms with Crippen molar-refractivity contribution in [2.45, 2.75) is 51.0 Å². The predicted octanol–water partition coefficient (Wildman–Crippen LogP) is 4.41. The van der Waals surface area contributed by atoms with Crippen molar-refractivity contribution >= 4 is 31.9 Å². The second-order valence-corrected chi connectivity index (χ2v) is 10.3. The summed E-state index contributed by atoms with van der Waals surface area (Å²) in [5.41, 5.74) is 3.57. The van der Waals surface area contributed by atoms with E-state index in [1.54, 1.807) is 13.8 Å². The van der Waals surface area contributed by atoms with E-state index < -0.39 is 10.0 Å². The fourth-order valence-electron chi connectivity index (χ4n) is 4.22. The number of hydrogen-bond donors (Lipinski definition) is 1. The van der Waals surface area contributed by atoms with Crippen molar-refractivity contribution < 1.29 is 13.2 Å². The van der Waals surface area contributed by atoms with Gasteiger partial charge in [-0.2, -0.15) is 0 Å². The topological polar surface area (TPSA) is 66.5 Å². The van der Waals surface area contributed by atoms with Gasteiger partial charge in [0.2, 0.25) is 15.9 Å². The van der Waals surface area contributed by atoms with Crippen LogP contribution in [0.3, 0.4) is 0 Å². The summed E-state index contributed by atoms with van der Waals surface area (Å²) in [5.74, 6) is -0.0208. The summed E-state index contributed by atoms with van der Waals surface area (Å²) >= 11 is 3.49. The zero-order chi connectivity index (χ0) is 21.2. The Labute approximate surface area is 181 Å². The van der Waals surface area contributed by atoms with Gasteiger partial charge in [-0.3, -0.25) is 4.79 Å². The molecule has 2 aromatic rings.